The molecule has 0 heterocycles. The molecule has 0 aliphatic heterocycles. The Morgan fingerprint density at radius 3 is 2.05 bits per heavy atom. The Balaban J connectivity index is 2.79. The van der Waals surface area contributed by atoms with Gasteiger partial charge >= 0.3 is 0 Å². The summed E-state index contributed by atoms with van der Waals surface area (Å²) in [6.07, 6.45) is 2.32. The van der Waals surface area contributed by atoms with Crippen LogP contribution in [0.25, 0.3) is 0 Å². The predicted molar refractivity (Wildman–Crippen MR) is 85.8 cm³/mol. The van der Waals surface area contributed by atoms with Crippen molar-refractivity contribution in [1.29, 1.82) is 0 Å². The fourth-order valence-electron chi connectivity index (χ4n) is 2.39. The van der Waals surface area contributed by atoms with E-state index in [9.17, 15) is 0 Å². The van der Waals surface area contributed by atoms with Gasteiger partial charge in [0.05, 0.1) is 0 Å². The Morgan fingerprint density at radius 2 is 1.63 bits per heavy atom. The van der Waals surface area contributed by atoms with Crippen LogP contribution in [0.1, 0.15) is 65.0 Å². The molecule has 0 aromatic heterocycles. The van der Waals surface area contributed by atoms with Gasteiger partial charge in [-0.25, -0.2) is 0 Å². The van der Waals surface area contributed by atoms with Crippen LogP contribution >= 0.6 is 0 Å². The molecule has 0 radical (unpaired) electrons. The van der Waals surface area contributed by atoms with Crippen LogP contribution in [0.15, 0.2) is 24.3 Å². The van der Waals surface area contributed by atoms with Gasteiger partial charge in [-0.2, -0.15) is 0 Å². The second kappa shape index (κ2) is 7.09. The highest BCUT2D eigenvalue weighted by molar-refractivity contribution is 5.25. The standard InChI is InChI=1S/C18H31N/c1-7-18(5,6)17(19-8-2)13-15-9-11-16(12-10-15)14(3)4/h9-12,14,17,19H,7-8,13H2,1-6H3. The van der Waals surface area contributed by atoms with Crippen molar-refractivity contribution in [1.82, 2.24) is 5.32 Å². The molecular weight excluding hydrogens is 230 g/mol. The van der Waals surface area contributed by atoms with E-state index >= 15 is 0 Å². The Hall–Kier alpha value is -0.820. The summed E-state index contributed by atoms with van der Waals surface area (Å²) in [4.78, 5) is 0. The minimum atomic E-state index is 0.340. The highest BCUT2D eigenvalue weighted by Gasteiger charge is 2.26. The van der Waals surface area contributed by atoms with E-state index in [1.54, 1.807) is 0 Å². The smallest absolute Gasteiger partial charge is 0.0158 e. The molecule has 1 unspecified atom stereocenters. The molecule has 1 nitrogen and oxygen atoms in total. The predicted octanol–water partition coefficient (Wildman–Crippen LogP) is 4.77. The van der Waals surface area contributed by atoms with E-state index < -0.39 is 0 Å². The Kier molecular flexibility index (Phi) is 6.06. The summed E-state index contributed by atoms with van der Waals surface area (Å²) in [5.41, 5.74) is 3.21. The molecule has 0 fully saturated rings. The topological polar surface area (TPSA) is 12.0 Å². The van der Waals surface area contributed by atoms with Gasteiger partial charge in [0.25, 0.3) is 0 Å². The molecule has 1 N–H and O–H groups in total. The maximum atomic E-state index is 3.66. The molecule has 0 amide bonds. The van der Waals surface area contributed by atoms with Gasteiger partial charge in [-0.1, -0.05) is 65.8 Å². The van der Waals surface area contributed by atoms with Crippen molar-refractivity contribution in [3.8, 4) is 0 Å². The van der Waals surface area contributed by atoms with Crippen molar-refractivity contribution >= 4 is 0 Å². The molecule has 1 heteroatoms. The first kappa shape index (κ1) is 16.2. The van der Waals surface area contributed by atoms with E-state index in [1.165, 1.54) is 17.5 Å². The summed E-state index contributed by atoms with van der Waals surface area (Å²) in [6, 6.07) is 9.70. The molecule has 1 atom stereocenters. The number of rotatable bonds is 7. The zero-order chi connectivity index (χ0) is 14.5. The third-order valence-electron chi connectivity index (χ3n) is 4.39. The average Bonchev–Trinajstić information content (AvgIpc) is 2.38. The normalized spacial score (nSPS) is 13.8. The molecule has 0 aliphatic carbocycles. The van der Waals surface area contributed by atoms with Crippen LogP contribution in [-0.4, -0.2) is 12.6 Å². The number of nitrogens with one attached hydrogen (secondary N) is 1. The SMILES string of the molecule is CCNC(Cc1ccc(C(C)C)cc1)C(C)(C)CC. The third-order valence-corrected chi connectivity index (χ3v) is 4.39. The molecule has 1 rings (SSSR count). The summed E-state index contributed by atoms with van der Waals surface area (Å²) in [5, 5.41) is 3.66. The lowest BCUT2D eigenvalue weighted by atomic mass is 9.79. The lowest BCUT2D eigenvalue weighted by Gasteiger charge is -2.34. The molecule has 1 aromatic carbocycles. The number of benzene rings is 1. The van der Waals surface area contributed by atoms with Crippen LogP contribution in [0.3, 0.4) is 0 Å². The third kappa shape index (κ3) is 4.65. The van der Waals surface area contributed by atoms with Gasteiger partial charge in [-0.3, -0.25) is 0 Å². The fourth-order valence-corrected chi connectivity index (χ4v) is 2.39. The molecule has 0 saturated carbocycles. The summed E-state index contributed by atoms with van der Waals surface area (Å²) < 4.78 is 0. The minimum absolute atomic E-state index is 0.340. The number of hydrogen-bond donors (Lipinski definition) is 1. The van der Waals surface area contributed by atoms with E-state index in [-0.39, 0.29) is 0 Å². The van der Waals surface area contributed by atoms with Crippen molar-refractivity contribution in [3.05, 3.63) is 35.4 Å². The van der Waals surface area contributed by atoms with Gasteiger partial charge in [0.2, 0.25) is 0 Å². The maximum Gasteiger partial charge on any atom is 0.0158 e. The van der Waals surface area contributed by atoms with Gasteiger partial charge in [0, 0.05) is 6.04 Å². The molecule has 108 valence electrons. The van der Waals surface area contributed by atoms with Crippen molar-refractivity contribution in [2.75, 3.05) is 6.54 Å². The summed E-state index contributed by atoms with van der Waals surface area (Å²) in [5.74, 6) is 0.616. The fraction of sp³-hybridized carbons (Fsp3) is 0.667. The Morgan fingerprint density at radius 1 is 1.05 bits per heavy atom. The van der Waals surface area contributed by atoms with E-state index in [0.717, 1.165) is 13.0 Å². The first-order chi connectivity index (χ1) is 8.90. The van der Waals surface area contributed by atoms with Gasteiger partial charge in [-0.15, -0.1) is 0 Å². The Bertz CT molecular complexity index is 362. The zero-order valence-electron chi connectivity index (χ0n) is 13.6. The number of hydrogen-bond acceptors (Lipinski definition) is 1. The second-order valence-corrected chi connectivity index (χ2v) is 6.55. The van der Waals surface area contributed by atoms with E-state index in [2.05, 4.69) is 71.1 Å². The lowest BCUT2D eigenvalue weighted by Crippen LogP contribution is -2.43. The monoisotopic (exact) mass is 261 g/mol. The van der Waals surface area contributed by atoms with E-state index in [0.29, 0.717) is 17.4 Å². The average molecular weight is 261 g/mol. The lowest BCUT2D eigenvalue weighted by molar-refractivity contribution is 0.233. The van der Waals surface area contributed by atoms with Gasteiger partial charge in [0.15, 0.2) is 0 Å². The Labute approximate surface area is 119 Å². The van der Waals surface area contributed by atoms with Crippen LogP contribution in [-0.2, 0) is 6.42 Å². The van der Waals surface area contributed by atoms with Gasteiger partial charge in [0.1, 0.15) is 0 Å². The molecule has 19 heavy (non-hydrogen) atoms. The molecule has 0 bridgehead atoms. The molecular formula is C18H31N. The first-order valence-corrected chi connectivity index (χ1v) is 7.73. The largest absolute Gasteiger partial charge is 0.313 e. The van der Waals surface area contributed by atoms with Crippen molar-refractivity contribution in [2.45, 2.75) is 66.3 Å². The summed E-state index contributed by atoms with van der Waals surface area (Å²) in [7, 11) is 0. The zero-order valence-corrected chi connectivity index (χ0v) is 13.6. The molecule has 1 aromatic rings. The number of likely N-dealkylation sites (N-methyl/N-ethyl adjacent to an activating group) is 1. The highest BCUT2D eigenvalue weighted by atomic mass is 14.9. The van der Waals surface area contributed by atoms with Crippen molar-refractivity contribution < 1.29 is 0 Å². The van der Waals surface area contributed by atoms with Crippen molar-refractivity contribution in [2.24, 2.45) is 5.41 Å². The van der Waals surface area contributed by atoms with Gasteiger partial charge < -0.3 is 5.32 Å². The van der Waals surface area contributed by atoms with E-state index in [4.69, 9.17) is 0 Å². The van der Waals surface area contributed by atoms with Gasteiger partial charge in [-0.05, 0) is 41.8 Å². The summed E-state index contributed by atoms with van der Waals surface area (Å²) >= 11 is 0. The van der Waals surface area contributed by atoms with E-state index in [1.807, 2.05) is 0 Å². The van der Waals surface area contributed by atoms with Crippen LogP contribution in [0.4, 0.5) is 0 Å². The van der Waals surface area contributed by atoms with Crippen LogP contribution in [0, 0.1) is 5.41 Å². The second-order valence-electron chi connectivity index (χ2n) is 6.55. The van der Waals surface area contributed by atoms with Crippen molar-refractivity contribution in [3.63, 3.8) is 0 Å². The maximum absolute atomic E-state index is 3.66. The van der Waals surface area contributed by atoms with Crippen LogP contribution in [0.5, 0.6) is 0 Å². The molecule has 0 spiro atoms. The van der Waals surface area contributed by atoms with Crippen LogP contribution in [0.2, 0.25) is 0 Å². The summed E-state index contributed by atoms with van der Waals surface area (Å²) in [6.45, 7) is 14.7. The van der Waals surface area contributed by atoms with Crippen LogP contribution < -0.4 is 5.32 Å². The first-order valence-electron chi connectivity index (χ1n) is 7.73. The molecule has 0 aliphatic rings. The molecule has 0 saturated heterocycles. The minimum Gasteiger partial charge on any atom is -0.313 e. The highest BCUT2D eigenvalue weighted by Crippen LogP contribution is 2.27. The quantitative estimate of drug-likeness (QED) is 0.745.